The average Bonchev–Trinajstić information content (AvgIpc) is 2.16. The Morgan fingerprint density at radius 3 is 1.67 bits per heavy atom. The lowest BCUT2D eigenvalue weighted by atomic mass is 10.1. The molecule has 1 nitrogen and oxygen atoms in total. The molecule has 0 saturated heterocycles. The van der Waals surface area contributed by atoms with Gasteiger partial charge in [-0.15, -0.1) is 11.8 Å². The van der Waals surface area contributed by atoms with Crippen molar-refractivity contribution in [2.75, 3.05) is 6.26 Å². The Balaban J connectivity index is 3.66. The number of hydrogen-bond acceptors (Lipinski definition) is 2. The Morgan fingerprint density at radius 1 is 1.00 bits per heavy atom. The molecule has 1 aromatic carbocycles. The van der Waals surface area contributed by atoms with Gasteiger partial charge in [-0.3, -0.25) is 4.79 Å². The molecular formula is C9H6F4OS. The van der Waals surface area contributed by atoms with Crippen molar-refractivity contribution in [1.82, 2.24) is 0 Å². The fourth-order valence-corrected chi connectivity index (χ4v) is 1.64. The van der Waals surface area contributed by atoms with Crippen molar-refractivity contribution in [1.29, 1.82) is 0 Å². The van der Waals surface area contributed by atoms with Gasteiger partial charge < -0.3 is 0 Å². The van der Waals surface area contributed by atoms with Gasteiger partial charge in [-0.25, -0.2) is 17.6 Å². The van der Waals surface area contributed by atoms with Crippen molar-refractivity contribution < 1.29 is 22.4 Å². The summed E-state index contributed by atoms with van der Waals surface area (Å²) >= 11 is 0.529. The van der Waals surface area contributed by atoms with E-state index in [0.29, 0.717) is 11.8 Å². The summed E-state index contributed by atoms with van der Waals surface area (Å²) in [6.07, 6.45) is 1.27. The molecule has 0 heterocycles. The highest BCUT2D eigenvalue weighted by atomic mass is 32.2. The molecule has 0 aliphatic heterocycles. The Bertz CT molecular complexity index is 402. The molecule has 0 unspecified atom stereocenters. The van der Waals surface area contributed by atoms with E-state index >= 15 is 0 Å². The van der Waals surface area contributed by atoms with E-state index in [1.54, 1.807) is 0 Å². The van der Waals surface area contributed by atoms with Gasteiger partial charge in [0.1, 0.15) is 0 Å². The van der Waals surface area contributed by atoms with Gasteiger partial charge in [0.15, 0.2) is 29.1 Å². The molecule has 0 saturated carbocycles. The van der Waals surface area contributed by atoms with E-state index in [2.05, 4.69) is 0 Å². The van der Waals surface area contributed by atoms with E-state index in [1.807, 2.05) is 0 Å². The molecule has 0 fully saturated rings. The summed E-state index contributed by atoms with van der Waals surface area (Å²) in [6.45, 7) is 0.832. The fourth-order valence-electron chi connectivity index (χ4n) is 1.10. The number of ketones is 1. The zero-order valence-electron chi connectivity index (χ0n) is 7.83. The van der Waals surface area contributed by atoms with Crippen LogP contribution in [0.15, 0.2) is 4.90 Å². The maximum absolute atomic E-state index is 13.1. The van der Waals surface area contributed by atoms with Crippen LogP contribution in [0, 0.1) is 23.3 Å². The summed E-state index contributed by atoms with van der Waals surface area (Å²) < 4.78 is 52.5. The van der Waals surface area contributed by atoms with Crippen molar-refractivity contribution in [3.05, 3.63) is 28.8 Å². The van der Waals surface area contributed by atoms with Gasteiger partial charge in [0.2, 0.25) is 0 Å². The lowest BCUT2D eigenvalue weighted by molar-refractivity contribution is 0.100. The highest BCUT2D eigenvalue weighted by Gasteiger charge is 2.26. The lowest BCUT2D eigenvalue weighted by Crippen LogP contribution is -2.09. The van der Waals surface area contributed by atoms with E-state index < -0.39 is 39.5 Å². The number of carbonyl (C=O) groups is 1. The standard InChI is InChI=1S/C9H6F4OS/c1-3(14)4-5(10)7(12)9(15-2)8(13)6(4)11/h1-2H3. The Hall–Kier alpha value is -1.04. The molecular weight excluding hydrogens is 232 g/mol. The van der Waals surface area contributed by atoms with Crippen molar-refractivity contribution >= 4 is 17.5 Å². The summed E-state index contributed by atoms with van der Waals surface area (Å²) in [5.74, 6) is -7.43. The first-order valence-electron chi connectivity index (χ1n) is 3.82. The molecule has 0 radical (unpaired) electrons. The van der Waals surface area contributed by atoms with E-state index in [4.69, 9.17) is 0 Å². The molecule has 0 spiro atoms. The van der Waals surface area contributed by atoms with E-state index in [1.165, 1.54) is 6.26 Å². The molecule has 15 heavy (non-hydrogen) atoms. The van der Waals surface area contributed by atoms with E-state index in [9.17, 15) is 22.4 Å². The normalized spacial score (nSPS) is 10.5. The van der Waals surface area contributed by atoms with Crippen LogP contribution in [0.2, 0.25) is 0 Å². The average molecular weight is 238 g/mol. The molecule has 82 valence electrons. The van der Waals surface area contributed by atoms with Gasteiger partial charge in [0.25, 0.3) is 0 Å². The third-order valence-corrected chi connectivity index (χ3v) is 2.55. The number of rotatable bonds is 2. The molecule has 0 aliphatic carbocycles. The molecule has 1 rings (SSSR count). The maximum Gasteiger partial charge on any atom is 0.176 e. The second-order valence-corrected chi connectivity index (χ2v) is 3.54. The molecule has 0 amide bonds. The Morgan fingerprint density at radius 2 is 1.40 bits per heavy atom. The monoisotopic (exact) mass is 238 g/mol. The summed E-state index contributed by atoms with van der Waals surface area (Å²) in [5.41, 5.74) is -1.18. The molecule has 0 bridgehead atoms. The van der Waals surface area contributed by atoms with E-state index in [0.717, 1.165) is 6.92 Å². The van der Waals surface area contributed by atoms with Crippen LogP contribution in [0.1, 0.15) is 17.3 Å². The zero-order chi connectivity index (χ0) is 11.7. The fraction of sp³-hybridized carbons (Fsp3) is 0.222. The molecule has 6 heteroatoms. The van der Waals surface area contributed by atoms with Crippen LogP contribution in [0.5, 0.6) is 0 Å². The highest BCUT2D eigenvalue weighted by Crippen LogP contribution is 2.30. The minimum atomic E-state index is -1.65. The molecule has 0 atom stereocenters. The molecule has 1 aromatic rings. The summed E-state index contributed by atoms with van der Waals surface area (Å²) in [6, 6.07) is 0. The predicted octanol–water partition coefficient (Wildman–Crippen LogP) is 3.17. The van der Waals surface area contributed by atoms with Gasteiger partial charge in [0.05, 0.1) is 10.5 Å². The van der Waals surface area contributed by atoms with Gasteiger partial charge in [-0.1, -0.05) is 0 Å². The van der Waals surface area contributed by atoms with Crippen molar-refractivity contribution in [3.63, 3.8) is 0 Å². The largest absolute Gasteiger partial charge is 0.294 e. The first-order valence-corrected chi connectivity index (χ1v) is 5.05. The number of carbonyl (C=O) groups excluding carboxylic acids is 1. The summed E-state index contributed by atoms with van der Waals surface area (Å²) in [4.78, 5) is 10.0. The van der Waals surface area contributed by atoms with Crippen LogP contribution in [-0.2, 0) is 0 Å². The SMILES string of the molecule is CSc1c(F)c(F)c(C(C)=O)c(F)c1F. The van der Waals surface area contributed by atoms with Crippen LogP contribution in [0.4, 0.5) is 17.6 Å². The third kappa shape index (κ3) is 1.86. The first kappa shape index (κ1) is 12.0. The van der Waals surface area contributed by atoms with Crippen molar-refractivity contribution in [3.8, 4) is 0 Å². The van der Waals surface area contributed by atoms with Crippen LogP contribution < -0.4 is 0 Å². The van der Waals surface area contributed by atoms with Gasteiger partial charge in [0, 0.05) is 0 Å². The van der Waals surface area contributed by atoms with Crippen molar-refractivity contribution in [2.24, 2.45) is 0 Å². The molecule has 0 N–H and O–H groups in total. The number of hydrogen-bond donors (Lipinski definition) is 0. The number of Topliss-reactive ketones (excluding diaryl/α,β-unsaturated/α-hetero) is 1. The smallest absolute Gasteiger partial charge is 0.176 e. The van der Waals surface area contributed by atoms with Crippen LogP contribution in [0.3, 0.4) is 0 Å². The second kappa shape index (κ2) is 4.22. The van der Waals surface area contributed by atoms with Gasteiger partial charge in [-0.2, -0.15) is 0 Å². The first-order chi connectivity index (χ1) is 6.91. The lowest BCUT2D eigenvalue weighted by Gasteiger charge is -2.07. The van der Waals surface area contributed by atoms with Gasteiger partial charge in [-0.05, 0) is 13.2 Å². The molecule has 0 aliphatic rings. The number of thioether (sulfide) groups is 1. The van der Waals surface area contributed by atoms with Crippen LogP contribution in [0.25, 0.3) is 0 Å². The summed E-state index contributed by atoms with van der Waals surface area (Å²) in [7, 11) is 0. The topological polar surface area (TPSA) is 17.1 Å². The third-order valence-electron chi connectivity index (χ3n) is 1.78. The Labute approximate surface area is 87.5 Å². The van der Waals surface area contributed by atoms with Crippen LogP contribution in [-0.4, -0.2) is 12.0 Å². The zero-order valence-corrected chi connectivity index (χ0v) is 8.64. The van der Waals surface area contributed by atoms with Crippen molar-refractivity contribution in [2.45, 2.75) is 11.8 Å². The predicted molar refractivity (Wildman–Crippen MR) is 48.1 cm³/mol. The van der Waals surface area contributed by atoms with Gasteiger partial charge >= 0.3 is 0 Å². The summed E-state index contributed by atoms with van der Waals surface area (Å²) in [5, 5.41) is 0. The maximum atomic E-state index is 13.1. The van der Waals surface area contributed by atoms with Crippen LogP contribution >= 0.6 is 11.8 Å². The molecule has 0 aromatic heterocycles. The Kier molecular flexibility index (Phi) is 3.38. The quantitative estimate of drug-likeness (QED) is 0.341. The minimum Gasteiger partial charge on any atom is -0.294 e. The van der Waals surface area contributed by atoms with E-state index in [-0.39, 0.29) is 0 Å². The number of benzene rings is 1. The second-order valence-electron chi connectivity index (χ2n) is 2.72. The highest BCUT2D eigenvalue weighted by molar-refractivity contribution is 7.98. The number of halogens is 4. The minimum absolute atomic E-state index is 0.529.